The summed E-state index contributed by atoms with van der Waals surface area (Å²) in [5.74, 6) is 0.244. The van der Waals surface area contributed by atoms with Crippen LogP contribution < -0.4 is 0 Å². The van der Waals surface area contributed by atoms with Crippen molar-refractivity contribution in [2.45, 2.75) is 65.2 Å². The first kappa shape index (κ1) is 17.7. The summed E-state index contributed by atoms with van der Waals surface area (Å²) < 4.78 is 5.27. The fraction of sp³-hybridized carbons (Fsp3) is 0.857. The Balaban J connectivity index is 4.30. The zero-order chi connectivity index (χ0) is 15.0. The van der Waals surface area contributed by atoms with Gasteiger partial charge in [0.25, 0.3) is 0 Å². The normalized spacial score (nSPS) is 15.5. The number of nitrogens with zero attached hydrogens (tertiary/aromatic N) is 2. The molecule has 0 aromatic rings. The van der Waals surface area contributed by atoms with Gasteiger partial charge >= 0.3 is 6.09 Å². The molecule has 0 fully saturated rings. The molecule has 19 heavy (non-hydrogen) atoms. The predicted octanol–water partition coefficient (Wildman–Crippen LogP) is 2.54. The van der Waals surface area contributed by atoms with E-state index in [1.54, 1.807) is 14.0 Å². The maximum Gasteiger partial charge on any atom is 0.410 e. The second-order valence-corrected chi connectivity index (χ2v) is 5.37. The molecular formula is C14H26N2O3. The number of rotatable bonds is 7. The third-order valence-electron chi connectivity index (χ3n) is 3.23. The lowest BCUT2D eigenvalue weighted by Crippen LogP contribution is -2.38. The van der Waals surface area contributed by atoms with Gasteiger partial charge in [-0.15, -0.1) is 0 Å². The number of carbonyl (C=O) groups is 1. The van der Waals surface area contributed by atoms with E-state index in [4.69, 9.17) is 10.00 Å². The van der Waals surface area contributed by atoms with Crippen molar-refractivity contribution in [2.24, 2.45) is 5.92 Å². The number of nitriles is 1. The van der Waals surface area contributed by atoms with Gasteiger partial charge in [0.15, 0.2) is 0 Å². The van der Waals surface area contributed by atoms with E-state index in [2.05, 4.69) is 6.07 Å². The third-order valence-corrected chi connectivity index (χ3v) is 3.23. The Morgan fingerprint density at radius 1 is 1.32 bits per heavy atom. The van der Waals surface area contributed by atoms with Crippen molar-refractivity contribution >= 4 is 6.09 Å². The molecule has 3 unspecified atom stereocenters. The summed E-state index contributed by atoms with van der Waals surface area (Å²) in [6.07, 6.45) is 0.855. The lowest BCUT2D eigenvalue weighted by molar-refractivity contribution is 0.0508. The van der Waals surface area contributed by atoms with E-state index in [0.717, 1.165) is 0 Å². The molecule has 0 aliphatic rings. The van der Waals surface area contributed by atoms with E-state index in [1.807, 2.05) is 20.8 Å². The van der Waals surface area contributed by atoms with Gasteiger partial charge in [0.1, 0.15) is 12.1 Å². The Labute approximate surface area is 116 Å². The number of ether oxygens (including phenoxy) is 1. The lowest BCUT2D eigenvalue weighted by atomic mass is 10.1. The van der Waals surface area contributed by atoms with Crippen LogP contribution in [-0.2, 0) is 4.74 Å². The topological polar surface area (TPSA) is 73.6 Å². The second kappa shape index (κ2) is 8.76. The minimum Gasteiger partial charge on any atom is -0.446 e. The molecule has 0 rings (SSSR count). The van der Waals surface area contributed by atoms with Crippen LogP contribution in [0.1, 0.15) is 47.0 Å². The summed E-state index contributed by atoms with van der Waals surface area (Å²) in [6, 6.07) is 1.59. The monoisotopic (exact) mass is 270 g/mol. The van der Waals surface area contributed by atoms with Crippen molar-refractivity contribution < 1.29 is 14.6 Å². The van der Waals surface area contributed by atoms with E-state index < -0.39 is 12.1 Å². The van der Waals surface area contributed by atoms with Crippen LogP contribution in [0.15, 0.2) is 0 Å². The Bertz CT molecular complexity index is 310. The van der Waals surface area contributed by atoms with Gasteiger partial charge in [-0.2, -0.15) is 5.26 Å². The third kappa shape index (κ3) is 7.02. The highest BCUT2D eigenvalue weighted by Gasteiger charge is 2.23. The van der Waals surface area contributed by atoms with Crippen LogP contribution in [0, 0.1) is 17.2 Å². The first-order valence-electron chi connectivity index (χ1n) is 6.80. The van der Waals surface area contributed by atoms with Crippen LogP contribution in [-0.4, -0.2) is 41.4 Å². The quantitative estimate of drug-likeness (QED) is 0.771. The molecule has 110 valence electrons. The Hall–Kier alpha value is -1.28. The first-order chi connectivity index (χ1) is 8.79. The molecule has 0 aliphatic heterocycles. The van der Waals surface area contributed by atoms with Crippen molar-refractivity contribution in [3.05, 3.63) is 0 Å². The summed E-state index contributed by atoms with van der Waals surface area (Å²) >= 11 is 0. The molecule has 0 aliphatic carbocycles. The molecular weight excluding hydrogens is 244 g/mol. The van der Waals surface area contributed by atoms with Gasteiger partial charge in [-0.05, 0) is 39.0 Å². The molecule has 1 amide bonds. The van der Waals surface area contributed by atoms with Crippen LogP contribution in [0.5, 0.6) is 0 Å². The summed E-state index contributed by atoms with van der Waals surface area (Å²) in [7, 11) is 1.58. The highest BCUT2D eigenvalue weighted by molar-refractivity contribution is 5.68. The first-order valence-corrected chi connectivity index (χ1v) is 6.80. The molecule has 0 spiro atoms. The number of aliphatic hydroxyl groups excluding tert-OH is 1. The second-order valence-electron chi connectivity index (χ2n) is 5.37. The Morgan fingerprint density at radius 2 is 1.89 bits per heavy atom. The SMILES string of the molecule is CC(O)CCCC(C#N)N(C)C(=O)OC(C)C(C)C. The van der Waals surface area contributed by atoms with E-state index in [-0.39, 0.29) is 18.1 Å². The van der Waals surface area contributed by atoms with Crippen molar-refractivity contribution in [1.29, 1.82) is 5.26 Å². The van der Waals surface area contributed by atoms with E-state index in [0.29, 0.717) is 19.3 Å². The zero-order valence-electron chi connectivity index (χ0n) is 12.6. The fourth-order valence-corrected chi connectivity index (χ4v) is 1.46. The maximum atomic E-state index is 11.9. The van der Waals surface area contributed by atoms with Crippen LogP contribution in [0.2, 0.25) is 0 Å². The molecule has 0 saturated heterocycles. The Morgan fingerprint density at radius 3 is 2.32 bits per heavy atom. The summed E-state index contributed by atoms with van der Waals surface area (Å²) in [6.45, 7) is 7.50. The minimum absolute atomic E-state index is 0.174. The molecule has 0 heterocycles. The largest absolute Gasteiger partial charge is 0.446 e. The summed E-state index contributed by atoms with van der Waals surface area (Å²) in [4.78, 5) is 13.2. The van der Waals surface area contributed by atoms with E-state index in [9.17, 15) is 9.90 Å². The molecule has 0 radical (unpaired) electrons. The number of hydrogen-bond donors (Lipinski definition) is 1. The zero-order valence-corrected chi connectivity index (χ0v) is 12.6. The predicted molar refractivity (Wildman–Crippen MR) is 73.5 cm³/mol. The van der Waals surface area contributed by atoms with Crippen molar-refractivity contribution in [1.82, 2.24) is 4.90 Å². The van der Waals surface area contributed by atoms with Crippen LogP contribution in [0.4, 0.5) is 4.79 Å². The smallest absolute Gasteiger partial charge is 0.410 e. The van der Waals surface area contributed by atoms with Gasteiger partial charge in [-0.25, -0.2) is 4.79 Å². The summed E-state index contributed by atoms with van der Waals surface area (Å²) in [5, 5.41) is 18.3. The number of hydrogen-bond acceptors (Lipinski definition) is 4. The van der Waals surface area contributed by atoms with Crippen molar-refractivity contribution in [3.63, 3.8) is 0 Å². The van der Waals surface area contributed by atoms with Crippen LogP contribution in [0.3, 0.4) is 0 Å². The number of amides is 1. The maximum absolute atomic E-state index is 11.9. The minimum atomic E-state index is -0.509. The van der Waals surface area contributed by atoms with Gasteiger partial charge in [0, 0.05) is 7.05 Å². The number of aliphatic hydroxyl groups is 1. The van der Waals surface area contributed by atoms with Crippen LogP contribution in [0.25, 0.3) is 0 Å². The van der Waals surface area contributed by atoms with Gasteiger partial charge < -0.3 is 9.84 Å². The molecule has 0 aromatic heterocycles. The average Bonchev–Trinajstić information content (AvgIpc) is 2.33. The molecule has 0 bridgehead atoms. The standard InChI is InChI=1S/C14H26N2O3/c1-10(2)12(4)19-14(18)16(5)13(9-15)8-6-7-11(3)17/h10-13,17H,6-8H2,1-5H3. The van der Waals surface area contributed by atoms with Gasteiger partial charge in [-0.3, -0.25) is 4.90 Å². The fourth-order valence-electron chi connectivity index (χ4n) is 1.46. The van der Waals surface area contributed by atoms with Gasteiger partial charge in [-0.1, -0.05) is 13.8 Å². The molecule has 5 nitrogen and oxygen atoms in total. The highest BCUT2D eigenvalue weighted by atomic mass is 16.6. The lowest BCUT2D eigenvalue weighted by Gasteiger charge is -2.25. The Kier molecular flexibility index (Phi) is 8.17. The molecule has 1 N–H and O–H groups in total. The molecule has 5 heteroatoms. The van der Waals surface area contributed by atoms with E-state index in [1.165, 1.54) is 4.90 Å². The van der Waals surface area contributed by atoms with Crippen molar-refractivity contribution in [3.8, 4) is 6.07 Å². The highest BCUT2D eigenvalue weighted by Crippen LogP contribution is 2.12. The van der Waals surface area contributed by atoms with Crippen LogP contribution >= 0.6 is 0 Å². The summed E-state index contributed by atoms with van der Waals surface area (Å²) in [5.41, 5.74) is 0. The average molecular weight is 270 g/mol. The van der Waals surface area contributed by atoms with Crippen molar-refractivity contribution in [2.75, 3.05) is 7.05 Å². The molecule has 0 saturated carbocycles. The molecule has 0 aromatic carbocycles. The molecule has 3 atom stereocenters. The van der Waals surface area contributed by atoms with E-state index >= 15 is 0 Å². The number of carbonyl (C=O) groups excluding carboxylic acids is 1. The van der Waals surface area contributed by atoms with Gasteiger partial charge in [0.05, 0.1) is 12.2 Å². The van der Waals surface area contributed by atoms with Gasteiger partial charge in [0.2, 0.25) is 0 Å².